The molecule has 0 spiro atoms. The van der Waals surface area contributed by atoms with E-state index < -0.39 is 0 Å². The first-order valence-electron chi connectivity index (χ1n) is 9.26. The number of para-hydroxylation sites is 1. The summed E-state index contributed by atoms with van der Waals surface area (Å²) in [5.74, 6) is 0.729. The van der Waals surface area contributed by atoms with Gasteiger partial charge in [0.15, 0.2) is 0 Å². The maximum Gasteiger partial charge on any atom is 0.319 e. The van der Waals surface area contributed by atoms with Crippen LogP contribution in [0.15, 0.2) is 73.1 Å². The van der Waals surface area contributed by atoms with Gasteiger partial charge in [0.05, 0.1) is 29.1 Å². The standard InChI is InChI=1S/C22H21N5O/c1-2-17(21-24-14-19(25-21)15-8-4-3-5-9-15)26-22(28)27-18-12-6-10-16-11-7-13-23-20(16)18/h3-14,17H,2H2,1H3,(H,24,25)(H2,26,27,28)/t17-/m1/s1. The molecule has 2 aromatic carbocycles. The van der Waals surface area contributed by atoms with E-state index >= 15 is 0 Å². The number of hydrogen-bond donors (Lipinski definition) is 3. The van der Waals surface area contributed by atoms with Crippen LogP contribution < -0.4 is 10.6 Å². The lowest BCUT2D eigenvalue weighted by Crippen LogP contribution is -2.33. The molecule has 0 aliphatic heterocycles. The van der Waals surface area contributed by atoms with Crippen molar-refractivity contribution in [2.24, 2.45) is 0 Å². The summed E-state index contributed by atoms with van der Waals surface area (Å²) in [6.45, 7) is 2.01. The number of H-pyrrole nitrogens is 1. The molecule has 140 valence electrons. The molecule has 4 aromatic rings. The highest BCUT2D eigenvalue weighted by Gasteiger charge is 2.17. The predicted molar refractivity (Wildman–Crippen MR) is 111 cm³/mol. The highest BCUT2D eigenvalue weighted by molar-refractivity contribution is 5.99. The minimum atomic E-state index is -0.289. The summed E-state index contributed by atoms with van der Waals surface area (Å²) >= 11 is 0. The zero-order chi connectivity index (χ0) is 19.3. The third kappa shape index (κ3) is 3.71. The first-order chi connectivity index (χ1) is 13.7. The van der Waals surface area contributed by atoms with Gasteiger partial charge >= 0.3 is 6.03 Å². The van der Waals surface area contributed by atoms with Crippen molar-refractivity contribution in [1.29, 1.82) is 0 Å². The van der Waals surface area contributed by atoms with Crippen LogP contribution in [0.3, 0.4) is 0 Å². The molecule has 2 aromatic heterocycles. The molecule has 6 heteroatoms. The maximum absolute atomic E-state index is 12.6. The van der Waals surface area contributed by atoms with E-state index in [0.29, 0.717) is 12.1 Å². The van der Waals surface area contributed by atoms with Crippen LogP contribution in [0.4, 0.5) is 10.5 Å². The van der Waals surface area contributed by atoms with Crippen molar-refractivity contribution in [1.82, 2.24) is 20.3 Å². The summed E-state index contributed by atoms with van der Waals surface area (Å²) in [5.41, 5.74) is 3.42. The van der Waals surface area contributed by atoms with Crippen molar-refractivity contribution in [3.8, 4) is 11.3 Å². The molecule has 0 saturated heterocycles. The fourth-order valence-electron chi connectivity index (χ4n) is 3.16. The molecular weight excluding hydrogens is 350 g/mol. The van der Waals surface area contributed by atoms with E-state index in [4.69, 9.17) is 0 Å². The number of imidazole rings is 1. The summed E-state index contributed by atoms with van der Waals surface area (Å²) in [4.78, 5) is 24.7. The number of carbonyl (C=O) groups is 1. The van der Waals surface area contributed by atoms with E-state index in [1.807, 2.05) is 67.6 Å². The number of nitrogens with zero attached hydrogens (tertiary/aromatic N) is 2. The zero-order valence-electron chi connectivity index (χ0n) is 15.5. The second-order valence-electron chi connectivity index (χ2n) is 6.49. The lowest BCUT2D eigenvalue weighted by Gasteiger charge is -2.16. The van der Waals surface area contributed by atoms with Crippen LogP contribution in [0, 0.1) is 0 Å². The lowest BCUT2D eigenvalue weighted by molar-refractivity contribution is 0.247. The van der Waals surface area contributed by atoms with Crippen molar-refractivity contribution < 1.29 is 4.79 Å². The summed E-state index contributed by atoms with van der Waals surface area (Å²) in [5, 5.41) is 6.87. The highest BCUT2D eigenvalue weighted by atomic mass is 16.2. The molecule has 0 saturated carbocycles. The molecule has 0 radical (unpaired) electrons. The normalized spacial score (nSPS) is 11.9. The van der Waals surface area contributed by atoms with Gasteiger partial charge < -0.3 is 15.6 Å². The Hall–Kier alpha value is -3.67. The molecule has 4 rings (SSSR count). The number of carbonyl (C=O) groups excluding carboxylic acids is 1. The second-order valence-corrected chi connectivity index (χ2v) is 6.49. The molecule has 0 bridgehead atoms. The Bertz CT molecular complexity index is 1090. The molecule has 0 fully saturated rings. The van der Waals surface area contributed by atoms with Crippen LogP contribution in [0.2, 0.25) is 0 Å². The van der Waals surface area contributed by atoms with Crippen LogP contribution in [-0.2, 0) is 0 Å². The summed E-state index contributed by atoms with van der Waals surface area (Å²) in [6, 6.07) is 19.0. The van der Waals surface area contributed by atoms with Crippen LogP contribution in [-0.4, -0.2) is 21.0 Å². The maximum atomic E-state index is 12.6. The van der Waals surface area contributed by atoms with Crippen LogP contribution in [0.1, 0.15) is 25.2 Å². The molecule has 0 unspecified atom stereocenters. The number of pyridine rings is 1. The Morgan fingerprint density at radius 3 is 2.68 bits per heavy atom. The number of aromatic amines is 1. The van der Waals surface area contributed by atoms with Crippen molar-refractivity contribution in [3.05, 3.63) is 78.9 Å². The van der Waals surface area contributed by atoms with E-state index in [-0.39, 0.29) is 12.1 Å². The molecule has 0 aliphatic rings. The van der Waals surface area contributed by atoms with E-state index in [9.17, 15) is 4.79 Å². The molecule has 2 amide bonds. The van der Waals surface area contributed by atoms with Gasteiger partial charge in [-0.05, 0) is 24.1 Å². The topological polar surface area (TPSA) is 82.7 Å². The zero-order valence-corrected chi connectivity index (χ0v) is 15.5. The number of nitrogens with one attached hydrogen (secondary N) is 3. The Morgan fingerprint density at radius 1 is 1.04 bits per heavy atom. The Balaban J connectivity index is 1.49. The number of aromatic nitrogens is 3. The average molecular weight is 371 g/mol. The third-order valence-electron chi connectivity index (χ3n) is 4.60. The van der Waals surface area contributed by atoms with Crippen LogP contribution in [0.5, 0.6) is 0 Å². The number of benzene rings is 2. The molecule has 3 N–H and O–H groups in total. The van der Waals surface area contributed by atoms with Gasteiger partial charge in [0.25, 0.3) is 0 Å². The van der Waals surface area contributed by atoms with Crippen LogP contribution in [0.25, 0.3) is 22.2 Å². The molecule has 0 aliphatic carbocycles. The van der Waals surface area contributed by atoms with Gasteiger partial charge in [-0.3, -0.25) is 4.98 Å². The first-order valence-corrected chi connectivity index (χ1v) is 9.26. The fourth-order valence-corrected chi connectivity index (χ4v) is 3.16. The summed E-state index contributed by atoms with van der Waals surface area (Å²) < 4.78 is 0. The first kappa shape index (κ1) is 17.7. The molecular formula is C22H21N5O. The summed E-state index contributed by atoms with van der Waals surface area (Å²) in [7, 11) is 0. The van der Waals surface area contributed by atoms with Crippen molar-refractivity contribution in [2.75, 3.05) is 5.32 Å². The SMILES string of the molecule is CC[C@@H](NC(=O)Nc1cccc2cccnc12)c1ncc(-c2ccccc2)[nH]1. The molecule has 28 heavy (non-hydrogen) atoms. The van der Waals surface area contributed by atoms with E-state index in [0.717, 1.165) is 28.0 Å². The van der Waals surface area contributed by atoms with E-state index in [1.165, 1.54) is 0 Å². The minimum Gasteiger partial charge on any atom is -0.340 e. The third-order valence-corrected chi connectivity index (χ3v) is 4.60. The quantitative estimate of drug-likeness (QED) is 0.467. The van der Waals surface area contributed by atoms with Gasteiger partial charge in [0, 0.05) is 11.6 Å². The molecule has 2 heterocycles. The number of fused-ring (bicyclic) bond motifs is 1. The van der Waals surface area contributed by atoms with E-state index in [1.54, 1.807) is 12.4 Å². The van der Waals surface area contributed by atoms with Gasteiger partial charge in [0.1, 0.15) is 5.82 Å². The van der Waals surface area contributed by atoms with Crippen LogP contribution >= 0.6 is 0 Å². The fraction of sp³-hybridized carbons (Fsp3) is 0.136. The predicted octanol–water partition coefficient (Wildman–Crippen LogP) is 4.90. The van der Waals surface area contributed by atoms with Gasteiger partial charge in [-0.25, -0.2) is 9.78 Å². The summed E-state index contributed by atoms with van der Waals surface area (Å²) in [6.07, 6.45) is 4.22. The van der Waals surface area contributed by atoms with Gasteiger partial charge in [0.2, 0.25) is 0 Å². The van der Waals surface area contributed by atoms with Crippen molar-refractivity contribution >= 4 is 22.6 Å². The highest BCUT2D eigenvalue weighted by Crippen LogP contribution is 2.22. The number of hydrogen-bond acceptors (Lipinski definition) is 3. The van der Waals surface area contributed by atoms with Gasteiger partial charge in [-0.1, -0.05) is 55.5 Å². The smallest absolute Gasteiger partial charge is 0.319 e. The second kappa shape index (κ2) is 7.92. The monoisotopic (exact) mass is 371 g/mol. The Morgan fingerprint density at radius 2 is 1.86 bits per heavy atom. The Labute approximate surface area is 163 Å². The molecule has 1 atom stereocenters. The Kier molecular flexibility index (Phi) is 5.01. The average Bonchev–Trinajstić information content (AvgIpc) is 3.23. The van der Waals surface area contributed by atoms with Gasteiger partial charge in [-0.2, -0.15) is 0 Å². The minimum absolute atomic E-state index is 0.222. The number of urea groups is 1. The van der Waals surface area contributed by atoms with Crippen molar-refractivity contribution in [3.63, 3.8) is 0 Å². The van der Waals surface area contributed by atoms with Gasteiger partial charge in [-0.15, -0.1) is 0 Å². The van der Waals surface area contributed by atoms with Crippen molar-refractivity contribution in [2.45, 2.75) is 19.4 Å². The molecule has 6 nitrogen and oxygen atoms in total. The number of anilines is 1. The number of amides is 2. The lowest BCUT2D eigenvalue weighted by atomic mass is 10.2. The van der Waals surface area contributed by atoms with E-state index in [2.05, 4.69) is 25.6 Å². The largest absolute Gasteiger partial charge is 0.340 e. The number of rotatable bonds is 5.